The molecule has 1 aliphatic carbocycles. The topological polar surface area (TPSA) is 46.2 Å². The van der Waals surface area contributed by atoms with E-state index in [-0.39, 0.29) is 25.7 Å². The first-order chi connectivity index (χ1) is 13.5. The van der Waals surface area contributed by atoms with E-state index >= 15 is 4.39 Å². The first-order valence-electron chi connectivity index (χ1n) is 9.35. The van der Waals surface area contributed by atoms with E-state index in [9.17, 15) is 21.6 Å². The Kier molecular flexibility index (Phi) is 5.80. The number of rotatable bonds is 5. The summed E-state index contributed by atoms with van der Waals surface area (Å²) in [4.78, 5) is -0.629. The fraction of sp³-hybridized carbons (Fsp3) is 0.429. The molecule has 1 aliphatic rings. The molecule has 0 heterocycles. The lowest BCUT2D eigenvalue weighted by atomic mass is 9.82. The van der Waals surface area contributed by atoms with Gasteiger partial charge in [0.25, 0.3) is 0 Å². The van der Waals surface area contributed by atoms with Crippen molar-refractivity contribution in [3.8, 4) is 0 Å². The van der Waals surface area contributed by atoms with E-state index in [1.165, 1.54) is 0 Å². The van der Waals surface area contributed by atoms with E-state index in [2.05, 4.69) is 5.32 Å². The first-order valence-corrected chi connectivity index (χ1v) is 10.8. The Bertz CT molecular complexity index is 950. The molecule has 3 nitrogen and oxygen atoms in total. The van der Waals surface area contributed by atoms with E-state index in [0.29, 0.717) is 12.6 Å². The fourth-order valence-corrected chi connectivity index (χ4v) is 5.29. The van der Waals surface area contributed by atoms with Gasteiger partial charge in [-0.2, -0.15) is 13.2 Å². The summed E-state index contributed by atoms with van der Waals surface area (Å²) >= 11 is 0. The van der Waals surface area contributed by atoms with Crippen LogP contribution in [0.4, 0.5) is 17.6 Å². The van der Waals surface area contributed by atoms with E-state index in [1.54, 1.807) is 0 Å². The highest BCUT2D eigenvalue weighted by Crippen LogP contribution is 2.44. The molecular formula is C21H23F4NO2S. The number of sulfone groups is 1. The molecule has 0 unspecified atom stereocenters. The van der Waals surface area contributed by atoms with Gasteiger partial charge in [-0.25, -0.2) is 12.8 Å². The number of alkyl halides is 4. The van der Waals surface area contributed by atoms with Gasteiger partial charge < -0.3 is 5.32 Å². The van der Waals surface area contributed by atoms with Gasteiger partial charge in [-0.15, -0.1) is 0 Å². The van der Waals surface area contributed by atoms with Crippen LogP contribution in [0.1, 0.15) is 43.7 Å². The second-order valence-corrected chi connectivity index (χ2v) is 10.0. The van der Waals surface area contributed by atoms with Crippen molar-refractivity contribution in [3.63, 3.8) is 0 Å². The van der Waals surface area contributed by atoms with Crippen molar-refractivity contribution in [2.24, 2.45) is 0 Å². The molecule has 2 aromatic carbocycles. The molecule has 0 saturated heterocycles. The lowest BCUT2D eigenvalue weighted by Gasteiger charge is -2.41. The zero-order valence-corrected chi connectivity index (χ0v) is 16.8. The van der Waals surface area contributed by atoms with E-state index in [4.69, 9.17) is 0 Å². The van der Waals surface area contributed by atoms with Crippen LogP contribution in [0.2, 0.25) is 0 Å². The minimum absolute atomic E-state index is 0.258. The van der Waals surface area contributed by atoms with Crippen molar-refractivity contribution < 1.29 is 26.0 Å². The number of benzene rings is 2. The smallest absolute Gasteiger partial charge is 0.307 e. The molecule has 158 valence electrons. The van der Waals surface area contributed by atoms with Crippen LogP contribution in [0.25, 0.3) is 0 Å². The van der Waals surface area contributed by atoms with Gasteiger partial charge in [0.1, 0.15) is 0 Å². The molecule has 8 heteroatoms. The van der Waals surface area contributed by atoms with Crippen LogP contribution in [0, 0.1) is 0 Å². The zero-order chi connectivity index (χ0) is 21.3. The molecule has 0 spiro atoms. The predicted molar refractivity (Wildman–Crippen MR) is 103 cm³/mol. The Morgan fingerprint density at radius 2 is 1.59 bits per heavy atom. The van der Waals surface area contributed by atoms with Gasteiger partial charge >= 0.3 is 6.18 Å². The summed E-state index contributed by atoms with van der Waals surface area (Å²) < 4.78 is 79.9. The molecule has 0 bridgehead atoms. The maximum atomic E-state index is 15.5. The minimum Gasteiger partial charge on any atom is -0.307 e. The second kappa shape index (κ2) is 7.72. The molecule has 0 aliphatic heterocycles. The van der Waals surface area contributed by atoms with E-state index < -0.39 is 37.0 Å². The van der Waals surface area contributed by atoms with Crippen LogP contribution < -0.4 is 5.32 Å². The lowest BCUT2D eigenvalue weighted by molar-refractivity contribution is -0.137. The van der Waals surface area contributed by atoms with Gasteiger partial charge in [0.05, 0.1) is 10.5 Å². The molecule has 0 aromatic heterocycles. The Morgan fingerprint density at radius 1 is 0.966 bits per heavy atom. The standard InChI is InChI=1S/C21H23F4NO2S/c1-19(26-15-16-6-3-2-4-7-16)10-12-20(22,13-11-19)29(27,28)18-9-5-8-17(14-18)21(23,24)25/h2-9,14,26H,10-13,15H2,1H3. The summed E-state index contributed by atoms with van der Waals surface area (Å²) in [6.45, 7) is 2.48. The number of hydrogen-bond acceptors (Lipinski definition) is 3. The summed E-state index contributed by atoms with van der Waals surface area (Å²) in [5, 5.41) is 0.784. The molecule has 0 amide bonds. The van der Waals surface area contributed by atoms with Gasteiger partial charge in [-0.1, -0.05) is 36.4 Å². The SMILES string of the molecule is CC1(NCc2ccccc2)CCC(F)(S(=O)(=O)c2cccc(C(F)(F)F)c2)CC1. The third-order valence-electron chi connectivity index (χ3n) is 5.62. The van der Waals surface area contributed by atoms with Crippen molar-refractivity contribution in [2.45, 2.75) is 60.8 Å². The minimum atomic E-state index is -4.69. The van der Waals surface area contributed by atoms with Gasteiger partial charge in [0, 0.05) is 12.1 Å². The fourth-order valence-electron chi connectivity index (χ4n) is 3.58. The molecule has 1 N–H and O–H groups in total. The highest BCUT2D eigenvalue weighted by atomic mass is 32.2. The summed E-state index contributed by atoms with van der Waals surface area (Å²) in [7, 11) is -4.56. The van der Waals surface area contributed by atoms with Crippen LogP contribution in [0.3, 0.4) is 0 Å². The largest absolute Gasteiger partial charge is 0.416 e. The Hall–Kier alpha value is -1.93. The molecule has 0 radical (unpaired) electrons. The molecule has 29 heavy (non-hydrogen) atoms. The quantitative estimate of drug-likeness (QED) is 0.659. The maximum absolute atomic E-state index is 15.5. The molecular weight excluding hydrogens is 406 g/mol. The van der Waals surface area contributed by atoms with Crippen LogP contribution in [-0.2, 0) is 22.6 Å². The lowest BCUT2D eigenvalue weighted by Crippen LogP contribution is -2.50. The van der Waals surface area contributed by atoms with Crippen LogP contribution in [0.15, 0.2) is 59.5 Å². The van der Waals surface area contributed by atoms with Crippen molar-refractivity contribution in [3.05, 3.63) is 65.7 Å². The highest BCUT2D eigenvalue weighted by molar-refractivity contribution is 7.92. The third-order valence-corrected chi connectivity index (χ3v) is 7.86. The van der Waals surface area contributed by atoms with E-state index in [0.717, 1.165) is 23.8 Å². The molecule has 1 saturated carbocycles. The van der Waals surface area contributed by atoms with Gasteiger partial charge in [0.15, 0.2) is 0 Å². The normalized spacial score (nSPS) is 25.7. The van der Waals surface area contributed by atoms with Crippen molar-refractivity contribution in [1.29, 1.82) is 0 Å². The molecule has 1 fully saturated rings. The molecule has 0 atom stereocenters. The van der Waals surface area contributed by atoms with Crippen LogP contribution in [0.5, 0.6) is 0 Å². The van der Waals surface area contributed by atoms with Crippen molar-refractivity contribution in [2.75, 3.05) is 0 Å². The summed E-state index contributed by atoms with van der Waals surface area (Å²) in [5.74, 6) is 0. The van der Waals surface area contributed by atoms with Gasteiger partial charge in [0.2, 0.25) is 14.8 Å². The second-order valence-electron chi connectivity index (χ2n) is 7.81. The number of hydrogen-bond donors (Lipinski definition) is 1. The molecule has 2 aromatic rings. The van der Waals surface area contributed by atoms with Crippen molar-refractivity contribution in [1.82, 2.24) is 5.32 Å². The molecule has 3 rings (SSSR count). The number of halogens is 4. The van der Waals surface area contributed by atoms with E-state index in [1.807, 2.05) is 37.3 Å². The average molecular weight is 429 g/mol. The number of nitrogens with one attached hydrogen (secondary N) is 1. The Balaban J connectivity index is 1.74. The third kappa shape index (κ3) is 4.64. The Morgan fingerprint density at radius 3 is 2.17 bits per heavy atom. The van der Waals surface area contributed by atoms with Crippen LogP contribution in [-0.4, -0.2) is 19.0 Å². The first kappa shape index (κ1) is 21.8. The maximum Gasteiger partial charge on any atom is 0.416 e. The average Bonchev–Trinajstić information content (AvgIpc) is 2.69. The Labute approximate surface area is 168 Å². The van der Waals surface area contributed by atoms with Gasteiger partial charge in [-0.3, -0.25) is 0 Å². The predicted octanol–water partition coefficient (Wildman–Crippen LogP) is 5.27. The summed E-state index contributed by atoms with van der Waals surface area (Å²) in [6, 6.07) is 12.9. The zero-order valence-electron chi connectivity index (χ0n) is 16.0. The highest BCUT2D eigenvalue weighted by Gasteiger charge is 2.50. The van der Waals surface area contributed by atoms with Gasteiger partial charge in [-0.05, 0) is 56.4 Å². The monoisotopic (exact) mass is 429 g/mol. The summed E-state index contributed by atoms with van der Waals surface area (Å²) in [5.41, 5.74) is -0.496. The summed E-state index contributed by atoms with van der Waals surface area (Å²) in [6.07, 6.45) is -4.72. The van der Waals surface area contributed by atoms with Crippen LogP contribution >= 0.6 is 0 Å². The van der Waals surface area contributed by atoms with Crippen molar-refractivity contribution >= 4 is 9.84 Å².